The Balaban J connectivity index is 1.58. The van der Waals surface area contributed by atoms with Crippen LogP contribution < -0.4 is 15.2 Å². The number of hydrogen-bond acceptors (Lipinski definition) is 6. The van der Waals surface area contributed by atoms with Gasteiger partial charge in [0.1, 0.15) is 11.8 Å². The zero-order valence-electron chi connectivity index (χ0n) is 23.9. The predicted octanol–water partition coefficient (Wildman–Crippen LogP) is 4.76. The molecule has 0 bridgehead atoms. The molecule has 1 aliphatic heterocycles. The van der Waals surface area contributed by atoms with Crippen LogP contribution in [0.25, 0.3) is 5.69 Å². The molecule has 1 fully saturated rings. The Kier molecular flexibility index (Phi) is 7.30. The first-order valence-electron chi connectivity index (χ1n) is 13.6. The molecule has 10 heteroatoms. The molecule has 1 aliphatic carbocycles. The molecule has 8 nitrogen and oxygen atoms in total. The molecule has 2 aromatic carbocycles. The van der Waals surface area contributed by atoms with E-state index in [1.165, 1.54) is 20.1 Å². The van der Waals surface area contributed by atoms with Crippen molar-refractivity contribution in [2.45, 2.75) is 63.7 Å². The molecule has 0 atom stereocenters. The van der Waals surface area contributed by atoms with E-state index in [1.807, 2.05) is 17.0 Å². The quantitative estimate of drug-likeness (QED) is 0.415. The van der Waals surface area contributed by atoms with Gasteiger partial charge in [0.2, 0.25) is 15.8 Å². The van der Waals surface area contributed by atoms with E-state index >= 15 is 0 Å². The zero-order valence-corrected chi connectivity index (χ0v) is 25.5. The lowest BCUT2D eigenvalue weighted by Gasteiger charge is -2.39. The van der Waals surface area contributed by atoms with Crippen molar-refractivity contribution in [3.63, 3.8) is 0 Å². The highest BCUT2D eigenvalue weighted by atomic mass is 35.5. The first-order valence-corrected chi connectivity index (χ1v) is 15.5. The molecular weight excluding hydrogens is 548 g/mol. The summed E-state index contributed by atoms with van der Waals surface area (Å²) in [6.07, 6.45) is 1.30. The van der Waals surface area contributed by atoms with Crippen LogP contribution in [0, 0.1) is 0 Å². The van der Waals surface area contributed by atoms with Crippen LogP contribution in [0.5, 0.6) is 5.75 Å². The number of hydrogen-bond donors (Lipinski definition) is 0. The SMILES string of the molecule is CC(C)S(=O)(=O)N1CCN(c2cnn(-c3cccc(Cl)c3)c(=O)c2OC2C(C)(C)c3ccccc3C2(C)C)CC1. The fraction of sp³-hybridized carbons (Fsp3) is 0.467. The number of halogens is 1. The number of rotatable bonds is 6. The highest BCUT2D eigenvalue weighted by Gasteiger charge is 2.53. The second-order valence-electron chi connectivity index (χ2n) is 12.0. The predicted molar refractivity (Wildman–Crippen MR) is 160 cm³/mol. The lowest BCUT2D eigenvalue weighted by atomic mass is 9.78. The average Bonchev–Trinajstić information content (AvgIpc) is 3.06. The van der Waals surface area contributed by atoms with E-state index in [4.69, 9.17) is 16.3 Å². The van der Waals surface area contributed by atoms with Gasteiger partial charge in [-0.25, -0.2) is 8.42 Å². The van der Waals surface area contributed by atoms with E-state index in [-0.39, 0.29) is 28.2 Å². The summed E-state index contributed by atoms with van der Waals surface area (Å²) >= 11 is 6.24. The van der Waals surface area contributed by atoms with E-state index in [2.05, 4.69) is 44.9 Å². The number of piperazine rings is 1. The maximum Gasteiger partial charge on any atom is 0.316 e. The largest absolute Gasteiger partial charge is 0.481 e. The third-order valence-corrected chi connectivity index (χ3v) is 10.9. The van der Waals surface area contributed by atoms with Gasteiger partial charge in [0.15, 0.2) is 0 Å². The minimum atomic E-state index is -3.37. The number of nitrogens with zero attached hydrogens (tertiary/aromatic N) is 4. The van der Waals surface area contributed by atoms with Crippen molar-refractivity contribution in [2.24, 2.45) is 0 Å². The standard InChI is InChI=1S/C30H37ClN4O4S/c1-20(2)40(37,38)34-16-14-33(15-17-34)25-19-32-35(22-11-9-10-21(31)18-22)27(36)26(25)39-28-29(3,4)23-12-7-8-13-24(23)30(28,5)6/h7-13,18-20,28H,14-17H2,1-6H3. The summed E-state index contributed by atoms with van der Waals surface area (Å²) in [5, 5.41) is 4.50. The molecule has 0 radical (unpaired) electrons. The van der Waals surface area contributed by atoms with E-state index in [0.29, 0.717) is 42.6 Å². The fourth-order valence-corrected chi connectivity index (χ4v) is 7.70. The first kappa shape index (κ1) is 28.6. The van der Waals surface area contributed by atoms with Crippen LogP contribution in [0.3, 0.4) is 0 Å². The van der Waals surface area contributed by atoms with E-state index in [0.717, 1.165) is 0 Å². The molecule has 0 N–H and O–H groups in total. The van der Waals surface area contributed by atoms with Gasteiger partial charge in [-0.05, 0) is 43.2 Å². The average molecular weight is 585 g/mol. The van der Waals surface area contributed by atoms with Gasteiger partial charge in [0.05, 0.1) is 17.1 Å². The van der Waals surface area contributed by atoms with Crippen LogP contribution in [-0.4, -0.2) is 60.0 Å². The van der Waals surface area contributed by atoms with Crippen LogP contribution in [0.4, 0.5) is 5.69 Å². The van der Waals surface area contributed by atoms with Gasteiger partial charge >= 0.3 is 5.56 Å². The van der Waals surface area contributed by atoms with Gasteiger partial charge in [0, 0.05) is 42.0 Å². The molecule has 2 heterocycles. The summed E-state index contributed by atoms with van der Waals surface area (Å²) in [4.78, 5) is 16.1. The van der Waals surface area contributed by atoms with Gasteiger partial charge in [-0.3, -0.25) is 4.79 Å². The molecule has 3 aromatic rings. The van der Waals surface area contributed by atoms with Crippen molar-refractivity contribution in [1.29, 1.82) is 0 Å². The molecule has 2 aliphatic rings. The molecule has 0 unspecified atom stereocenters. The summed E-state index contributed by atoms with van der Waals surface area (Å²) in [6.45, 7) is 13.5. The van der Waals surface area contributed by atoms with Gasteiger partial charge < -0.3 is 9.64 Å². The van der Waals surface area contributed by atoms with Gasteiger partial charge in [0.25, 0.3) is 0 Å². The van der Waals surface area contributed by atoms with Crippen molar-refractivity contribution < 1.29 is 13.2 Å². The summed E-state index contributed by atoms with van der Waals surface area (Å²) in [6, 6.07) is 15.3. The summed E-state index contributed by atoms with van der Waals surface area (Å²) in [5.41, 5.74) is 2.35. The minimum absolute atomic E-state index is 0.203. The van der Waals surface area contributed by atoms with Crippen LogP contribution in [-0.2, 0) is 20.9 Å². The molecule has 40 heavy (non-hydrogen) atoms. The monoisotopic (exact) mass is 584 g/mol. The van der Waals surface area contributed by atoms with E-state index < -0.39 is 15.3 Å². The van der Waals surface area contributed by atoms with Crippen molar-refractivity contribution in [1.82, 2.24) is 14.1 Å². The Morgan fingerprint density at radius 3 is 2.10 bits per heavy atom. The van der Waals surface area contributed by atoms with Crippen molar-refractivity contribution >= 4 is 27.3 Å². The van der Waals surface area contributed by atoms with Gasteiger partial charge in [-0.2, -0.15) is 14.1 Å². The normalized spacial score (nSPS) is 19.1. The number of ether oxygens (including phenoxy) is 1. The highest BCUT2D eigenvalue weighted by molar-refractivity contribution is 7.89. The molecular formula is C30H37ClN4O4S. The number of sulfonamides is 1. The molecule has 1 saturated heterocycles. The van der Waals surface area contributed by atoms with Crippen molar-refractivity contribution in [2.75, 3.05) is 31.1 Å². The summed E-state index contributed by atoms with van der Waals surface area (Å²) in [7, 11) is -3.37. The highest BCUT2D eigenvalue weighted by Crippen LogP contribution is 2.51. The van der Waals surface area contributed by atoms with E-state index in [1.54, 1.807) is 44.3 Å². The number of fused-ring (bicyclic) bond motifs is 1. The molecule has 0 saturated carbocycles. The van der Waals surface area contributed by atoms with Gasteiger partial charge in [-0.1, -0.05) is 69.6 Å². The molecule has 214 valence electrons. The third-order valence-electron chi connectivity index (χ3n) is 8.36. The molecule has 1 aromatic heterocycles. The topological polar surface area (TPSA) is 84.7 Å². The molecule has 0 spiro atoms. The Morgan fingerprint density at radius 2 is 1.55 bits per heavy atom. The summed E-state index contributed by atoms with van der Waals surface area (Å²) in [5.74, 6) is 0.203. The maximum atomic E-state index is 14.1. The van der Waals surface area contributed by atoms with Crippen LogP contribution in [0.15, 0.2) is 59.5 Å². The van der Waals surface area contributed by atoms with Gasteiger partial charge in [-0.15, -0.1) is 0 Å². The smallest absolute Gasteiger partial charge is 0.316 e. The second-order valence-corrected chi connectivity index (χ2v) is 14.9. The zero-order chi connectivity index (χ0) is 29.0. The Labute approximate surface area is 241 Å². The Bertz CT molecular complexity index is 1560. The minimum Gasteiger partial charge on any atom is -0.481 e. The fourth-order valence-electron chi connectivity index (χ4n) is 6.24. The molecule has 0 amide bonds. The second kappa shape index (κ2) is 10.2. The van der Waals surface area contributed by atoms with Crippen LogP contribution in [0.1, 0.15) is 52.7 Å². The van der Waals surface area contributed by atoms with Crippen LogP contribution >= 0.6 is 11.6 Å². The first-order chi connectivity index (χ1) is 18.8. The lowest BCUT2D eigenvalue weighted by molar-refractivity contribution is 0.0788. The number of benzene rings is 2. The van der Waals surface area contributed by atoms with Crippen molar-refractivity contribution in [3.8, 4) is 11.4 Å². The molecule has 5 rings (SSSR count). The Morgan fingerprint density at radius 1 is 0.950 bits per heavy atom. The third kappa shape index (κ3) is 4.72. The Hall–Kier alpha value is -2.88. The van der Waals surface area contributed by atoms with Crippen LogP contribution in [0.2, 0.25) is 5.02 Å². The van der Waals surface area contributed by atoms with Crippen molar-refractivity contribution in [3.05, 3.63) is 81.2 Å². The summed E-state index contributed by atoms with van der Waals surface area (Å²) < 4.78 is 35.2. The maximum absolute atomic E-state index is 14.1. The number of anilines is 1. The van der Waals surface area contributed by atoms with E-state index in [9.17, 15) is 13.2 Å². The lowest BCUT2D eigenvalue weighted by Crippen LogP contribution is -2.51. The number of aromatic nitrogens is 2.